The van der Waals surface area contributed by atoms with E-state index in [-0.39, 0.29) is 11.4 Å². The summed E-state index contributed by atoms with van der Waals surface area (Å²) in [5, 5.41) is 6.82. The summed E-state index contributed by atoms with van der Waals surface area (Å²) in [6, 6.07) is 9.34. The van der Waals surface area contributed by atoms with Crippen molar-refractivity contribution in [1.82, 2.24) is 19.9 Å². The first-order valence-electron chi connectivity index (χ1n) is 6.98. The normalized spacial score (nSPS) is 10.9. The van der Waals surface area contributed by atoms with E-state index in [2.05, 4.69) is 22.2 Å². The summed E-state index contributed by atoms with van der Waals surface area (Å²) in [5.41, 5.74) is 0.945. The number of benzene rings is 1. The topological polar surface area (TPSA) is 76.7 Å². The molecule has 21 heavy (non-hydrogen) atoms. The predicted molar refractivity (Wildman–Crippen MR) is 78.3 cm³/mol. The molecule has 6 nitrogen and oxygen atoms in total. The Kier molecular flexibility index (Phi) is 3.68. The largest absolute Gasteiger partial charge is 0.334 e. The number of para-hydroxylation sites is 1. The predicted octanol–water partition coefficient (Wildman–Crippen LogP) is 2.56. The second-order valence-corrected chi connectivity index (χ2v) is 4.78. The molecule has 0 atom stereocenters. The van der Waals surface area contributed by atoms with Crippen molar-refractivity contribution in [1.29, 1.82) is 0 Å². The molecule has 0 aliphatic carbocycles. The molecule has 0 spiro atoms. The quantitative estimate of drug-likeness (QED) is 0.781. The van der Waals surface area contributed by atoms with Crippen LogP contribution in [0, 0.1) is 0 Å². The van der Waals surface area contributed by atoms with E-state index in [9.17, 15) is 4.79 Å². The highest BCUT2D eigenvalue weighted by Gasteiger charge is 2.16. The van der Waals surface area contributed by atoms with E-state index in [0.717, 1.165) is 24.9 Å². The van der Waals surface area contributed by atoms with Crippen LogP contribution in [0.25, 0.3) is 17.1 Å². The van der Waals surface area contributed by atoms with Crippen LogP contribution in [0.15, 0.2) is 45.8 Å². The number of unbranched alkanes of at least 4 members (excludes halogenated alkanes) is 1. The molecule has 108 valence electrons. The van der Waals surface area contributed by atoms with Crippen molar-refractivity contribution in [2.24, 2.45) is 0 Å². The van der Waals surface area contributed by atoms with Gasteiger partial charge < -0.3 is 4.52 Å². The summed E-state index contributed by atoms with van der Waals surface area (Å²) in [4.78, 5) is 16.7. The van der Waals surface area contributed by atoms with Gasteiger partial charge in [-0.3, -0.25) is 9.89 Å². The minimum atomic E-state index is -0.202. The van der Waals surface area contributed by atoms with Gasteiger partial charge in [0.25, 0.3) is 11.4 Å². The fourth-order valence-electron chi connectivity index (χ4n) is 2.09. The van der Waals surface area contributed by atoms with Crippen molar-refractivity contribution in [3.63, 3.8) is 0 Å². The van der Waals surface area contributed by atoms with Crippen molar-refractivity contribution in [2.75, 3.05) is 0 Å². The molecule has 0 radical (unpaired) electrons. The monoisotopic (exact) mass is 284 g/mol. The summed E-state index contributed by atoms with van der Waals surface area (Å²) in [6.45, 7) is 2.10. The van der Waals surface area contributed by atoms with Gasteiger partial charge in [-0.2, -0.15) is 4.98 Å². The molecule has 3 aromatic rings. The lowest BCUT2D eigenvalue weighted by Gasteiger charge is -1.98. The van der Waals surface area contributed by atoms with Gasteiger partial charge in [-0.15, -0.1) is 0 Å². The molecule has 2 aromatic heterocycles. The van der Waals surface area contributed by atoms with Crippen LogP contribution in [0.3, 0.4) is 0 Å². The molecule has 0 fully saturated rings. The number of nitrogens with zero attached hydrogens (tertiary/aromatic N) is 3. The van der Waals surface area contributed by atoms with E-state index in [1.54, 1.807) is 6.20 Å². The highest BCUT2D eigenvalue weighted by atomic mass is 16.5. The number of aromatic nitrogens is 4. The van der Waals surface area contributed by atoms with Gasteiger partial charge in [-0.25, -0.2) is 4.68 Å². The van der Waals surface area contributed by atoms with Crippen LogP contribution in [0.2, 0.25) is 0 Å². The van der Waals surface area contributed by atoms with Crippen LogP contribution in [0.1, 0.15) is 25.6 Å². The van der Waals surface area contributed by atoms with E-state index in [1.807, 2.05) is 30.3 Å². The molecule has 1 N–H and O–H groups in total. The molecule has 0 bridgehead atoms. The van der Waals surface area contributed by atoms with Crippen molar-refractivity contribution < 1.29 is 4.52 Å². The summed E-state index contributed by atoms with van der Waals surface area (Å²) < 4.78 is 6.63. The maximum Gasteiger partial charge on any atom is 0.284 e. The van der Waals surface area contributed by atoms with Crippen LogP contribution in [0.4, 0.5) is 0 Å². The van der Waals surface area contributed by atoms with Crippen molar-refractivity contribution in [3.05, 3.63) is 52.7 Å². The van der Waals surface area contributed by atoms with Crippen LogP contribution in [0.5, 0.6) is 0 Å². The number of aromatic amines is 1. The van der Waals surface area contributed by atoms with Gasteiger partial charge in [0, 0.05) is 12.6 Å². The Hall–Kier alpha value is -2.63. The standard InChI is InChI=1S/C15H16N4O2/c1-2-3-9-13-17-14(21-18-13)12-10-16-19(15(12)20)11-7-5-4-6-8-11/h4-8,10,16H,2-3,9H2,1H3. The lowest BCUT2D eigenvalue weighted by Crippen LogP contribution is -2.15. The molecular weight excluding hydrogens is 268 g/mol. The fraction of sp³-hybridized carbons (Fsp3) is 0.267. The third-order valence-electron chi connectivity index (χ3n) is 3.24. The number of hydrogen-bond donors (Lipinski definition) is 1. The molecule has 3 rings (SSSR count). The van der Waals surface area contributed by atoms with Gasteiger partial charge in [0.1, 0.15) is 5.56 Å². The Balaban J connectivity index is 1.92. The second kappa shape index (κ2) is 5.78. The summed E-state index contributed by atoms with van der Waals surface area (Å²) >= 11 is 0. The van der Waals surface area contributed by atoms with Crippen molar-refractivity contribution in [3.8, 4) is 17.1 Å². The SMILES string of the molecule is CCCCc1noc(-c2c[nH]n(-c3ccccc3)c2=O)n1. The minimum absolute atomic E-state index is 0.202. The molecular formula is C15H16N4O2. The average Bonchev–Trinajstić information content (AvgIpc) is 3.12. The third-order valence-corrected chi connectivity index (χ3v) is 3.24. The first-order valence-corrected chi connectivity index (χ1v) is 6.98. The molecule has 0 unspecified atom stereocenters. The third kappa shape index (κ3) is 2.65. The number of rotatable bonds is 5. The zero-order valence-corrected chi connectivity index (χ0v) is 11.7. The molecule has 1 aromatic carbocycles. The lowest BCUT2D eigenvalue weighted by molar-refractivity contribution is 0.421. The van der Waals surface area contributed by atoms with Crippen molar-refractivity contribution in [2.45, 2.75) is 26.2 Å². The van der Waals surface area contributed by atoms with E-state index in [0.29, 0.717) is 11.4 Å². The molecule has 0 saturated heterocycles. The van der Waals surface area contributed by atoms with Gasteiger partial charge in [0.2, 0.25) is 0 Å². The first kappa shape index (κ1) is 13.4. The van der Waals surface area contributed by atoms with Gasteiger partial charge in [-0.05, 0) is 18.6 Å². The van der Waals surface area contributed by atoms with Crippen LogP contribution in [-0.4, -0.2) is 19.9 Å². The smallest absolute Gasteiger partial charge is 0.284 e. The molecule has 6 heteroatoms. The van der Waals surface area contributed by atoms with Gasteiger partial charge in [-0.1, -0.05) is 36.7 Å². The average molecular weight is 284 g/mol. The lowest BCUT2D eigenvalue weighted by atomic mass is 10.2. The minimum Gasteiger partial charge on any atom is -0.334 e. The van der Waals surface area contributed by atoms with Crippen LogP contribution >= 0.6 is 0 Å². The van der Waals surface area contributed by atoms with Crippen LogP contribution in [-0.2, 0) is 6.42 Å². The van der Waals surface area contributed by atoms with E-state index in [1.165, 1.54) is 4.68 Å². The molecule has 0 amide bonds. The van der Waals surface area contributed by atoms with Crippen LogP contribution < -0.4 is 5.56 Å². The number of nitrogens with one attached hydrogen (secondary N) is 1. The zero-order valence-electron chi connectivity index (χ0n) is 11.7. The highest BCUT2D eigenvalue weighted by Crippen LogP contribution is 2.14. The Labute approximate surface area is 121 Å². The second-order valence-electron chi connectivity index (χ2n) is 4.78. The zero-order chi connectivity index (χ0) is 14.7. The van der Waals surface area contributed by atoms with E-state index >= 15 is 0 Å². The summed E-state index contributed by atoms with van der Waals surface area (Å²) in [7, 11) is 0. The maximum absolute atomic E-state index is 12.4. The van der Waals surface area contributed by atoms with Gasteiger partial charge in [0.05, 0.1) is 5.69 Å². The van der Waals surface area contributed by atoms with Gasteiger partial charge in [0.15, 0.2) is 5.82 Å². The maximum atomic E-state index is 12.4. The molecule has 0 aliphatic rings. The van der Waals surface area contributed by atoms with E-state index in [4.69, 9.17) is 4.52 Å². The molecule has 0 aliphatic heterocycles. The van der Waals surface area contributed by atoms with Gasteiger partial charge >= 0.3 is 0 Å². The van der Waals surface area contributed by atoms with Crippen molar-refractivity contribution >= 4 is 0 Å². The number of H-pyrrole nitrogens is 1. The molecule has 2 heterocycles. The summed E-state index contributed by atoms with van der Waals surface area (Å²) in [5.74, 6) is 0.899. The Bertz CT molecular complexity index is 770. The molecule has 0 saturated carbocycles. The summed E-state index contributed by atoms with van der Waals surface area (Å²) in [6.07, 6.45) is 4.42. The number of aryl methyl sites for hydroxylation is 1. The highest BCUT2D eigenvalue weighted by molar-refractivity contribution is 5.51. The Morgan fingerprint density at radius 1 is 1.29 bits per heavy atom. The Morgan fingerprint density at radius 2 is 2.10 bits per heavy atom. The fourth-order valence-corrected chi connectivity index (χ4v) is 2.09. The number of hydrogen-bond acceptors (Lipinski definition) is 4. The Morgan fingerprint density at radius 3 is 2.86 bits per heavy atom. The van der Waals surface area contributed by atoms with E-state index < -0.39 is 0 Å². The first-order chi connectivity index (χ1) is 10.3.